The second-order valence-electron chi connectivity index (χ2n) is 6.28. The van der Waals surface area contributed by atoms with Crippen molar-refractivity contribution < 1.29 is 13.2 Å². The van der Waals surface area contributed by atoms with E-state index >= 15 is 0 Å². The Balaban J connectivity index is 1.81. The molecule has 2 aromatic rings. The predicted molar refractivity (Wildman–Crippen MR) is 94.1 cm³/mol. The van der Waals surface area contributed by atoms with Gasteiger partial charge < -0.3 is 4.90 Å². The van der Waals surface area contributed by atoms with E-state index in [4.69, 9.17) is 11.6 Å². The molecule has 26 heavy (non-hydrogen) atoms. The summed E-state index contributed by atoms with van der Waals surface area (Å²) < 4.78 is 39.1. The zero-order valence-corrected chi connectivity index (χ0v) is 14.8. The highest BCUT2D eigenvalue weighted by Crippen LogP contribution is 2.26. The molecule has 5 nitrogen and oxygen atoms in total. The molecule has 1 aromatic heterocycles. The highest BCUT2D eigenvalue weighted by Gasteiger charge is 2.35. The maximum absolute atomic E-state index is 12.6. The summed E-state index contributed by atoms with van der Waals surface area (Å²) in [4.78, 5) is 15.7. The average molecular weight is 387 g/mol. The first-order valence-corrected chi connectivity index (χ1v) is 8.53. The van der Waals surface area contributed by atoms with Crippen LogP contribution in [-0.2, 0) is 0 Å². The number of alkyl halides is 3. The molecular formula is C17H18ClF3N4O. The summed E-state index contributed by atoms with van der Waals surface area (Å²) in [6, 6.07) is 8.55. The molecule has 3 rings (SSSR count). The molecule has 1 aliphatic rings. The number of para-hydroxylation sites is 1. The molecule has 0 aliphatic carbocycles. The predicted octanol–water partition coefficient (Wildman–Crippen LogP) is 2.96. The van der Waals surface area contributed by atoms with Crippen LogP contribution in [0.25, 0.3) is 5.69 Å². The molecule has 1 saturated heterocycles. The Morgan fingerprint density at radius 2 is 1.92 bits per heavy atom. The Hall–Kier alpha value is -2.06. The van der Waals surface area contributed by atoms with Crippen molar-refractivity contribution in [2.75, 3.05) is 31.1 Å². The van der Waals surface area contributed by atoms with Crippen molar-refractivity contribution in [3.63, 3.8) is 0 Å². The van der Waals surface area contributed by atoms with Crippen LogP contribution < -0.4 is 10.5 Å². The molecule has 0 spiro atoms. The molecule has 1 unspecified atom stereocenters. The summed E-state index contributed by atoms with van der Waals surface area (Å²) in [7, 11) is 0. The van der Waals surface area contributed by atoms with Crippen LogP contribution in [0.2, 0.25) is 5.02 Å². The Morgan fingerprint density at radius 1 is 1.23 bits per heavy atom. The van der Waals surface area contributed by atoms with Gasteiger partial charge in [0.2, 0.25) is 0 Å². The molecule has 2 heterocycles. The second kappa shape index (κ2) is 7.28. The van der Waals surface area contributed by atoms with E-state index in [9.17, 15) is 18.0 Å². The van der Waals surface area contributed by atoms with Crippen LogP contribution >= 0.6 is 11.6 Å². The number of aromatic nitrogens is 2. The molecule has 0 radical (unpaired) electrons. The SMILES string of the molecule is CC1CN(c2cnn(-c3ccccc3)c(=O)c2Cl)CCN1CC(F)(F)F. The maximum Gasteiger partial charge on any atom is 0.401 e. The maximum atomic E-state index is 12.6. The van der Waals surface area contributed by atoms with Crippen molar-refractivity contribution in [2.45, 2.75) is 19.1 Å². The summed E-state index contributed by atoms with van der Waals surface area (Å²) in [6.45, 7) is 1.70. The van der Waals surface area contributed by atoms with Gasteiger partial charge in [0.25, 0.3) is 5.56 Å². The molecule has 9 heteroatoms. The molecule has 0 N–H and O–H groups in total. The number of halogens is 4. The van der Waals surface area contributed by atoms with E-state index in [2.05, 4.69) is 5.10 Å². The first-order valence-electron chi connectivity index (χ1n) is 8.15. The summed E-state index contributed by atoms with van der Waals surface area (Å²) in [6.07, 6.45) is -2.74. The lowest BCUT2D eigenvalue weighted by Gasteiger charge is -2.41. The Labute approximate surface area is 153 Å². The van der Waals surface area contributed by atoms with Gasteiger partial charge in [0, 0.05) is 25.7 Å². The fourth-order valence-corrected chi connectivity index (χ4v) is 3.33. The number of nitrogens with zero attached hydrogens (tertiary/aromatic N) is 4. The smallest absolute Gasteiger partial charge is 0.366 e. The lowest BCUT2D eigenvalue weighted by molar-refractivity contribution is -0.150. The van der Waals surface area contributed by atoms with Crippen molar-refractivity contribution in [3.05, 3.63) is 51.9 Å². The fourth-order valence-electron chi connectivity index (χ4n) is 3.08. The van der Waals surface area contributed by atoms with Gasteiger partial charge in [0.1, 0.15) is 5.02 Å². The Kier molecular flexibility index (Phi) is 5.24. The minimum Gasteiger partial charge on any atom is -0.366 e. The first kappa shape index (κ1) is 18.7. The molecule has 1 fully saturated rings. The fraction of sp³-hybridized carbons (Fsp3) is 0.412. The molecular weight excluding hydrogens is 369 g/mol. The van der Waals surface area contributed by atoms with E-state index < -0.39 is 18.3 Å². The Morgan fingerprint density at radius 3 is 2.54 bits per heavy atom. The standard InChI is InChI=1S/C17H18ClF3N4O/c1-12-10-23(7-8-24(12)11-17(19,20)21)14-9-22-25(16(26)15(14)18)13-5-3-2-4-6-13/h2-6,9,12H,7-8,10-11H2,1H3. The van der Waals surface area contributed by atoms with E-state index in [-0.39, 0.29) is 17.6 Å². The van der Waals surface area contributed by atoms with E-state index in [0.717, 1.165) is 0 Å². The van der Waals surface area contributed by atoms with Gasteiger partial charge in [-0.05, 0) is 19.1 Å². The van der Waals surface area contributed by atoms with Crippen LogP contribution in [0.5, 0.6) is 0 Å². The van der Waals surface area contributed by atoms with Crippen molar-refractivity contribution in [1.29, 1.82) is 0 Å². The lowest BCUT2D eigenvalue weighted by Crippen LogP contribution is -2.54. The summed E-state index contributed by atoms with van der Waals surface area (Å²) >= 11 is 6.26. The van der Waals surface area contributed by atoms with Gasteiger partial charge in [-0.1, -0.05) is 29.8 Å². The Bertz CT molecular complexity index is 825. The lowest BCUT2D eigenvalue weighted by atomic mass is 10.1. The molecule has 1 aromatic carbocycles. The highest BCUT2D eigenvalue weighted by molar-refractivity contribution is 6.33. The van der Waals surface area contributed by atoms with E-state index in [0.29, 0.717) is 24.5 Å². The van der Waals surface area contributed by atoms with Crippen LogP contribution in [0.3, 0.4) is 0 Å². The van der Waals surface area contributed by atoms with Crippen molar-refractivity contribution >= 4 is 17.3 Å². The highest BCUT2D eigenvalue weighted by atomic mass is 35.5. The molecule has 0 saturated carbocycles. The summed E-state index contributed by atoms with van der Waals surface area (Å²) in [5, 5.41) is 4.19. The van der Waals surface area contributed by atoms with Gasteiger partial charge in [0.15, 0.2) is 0 Å². The number of piperazine rings is 1. The third-order valence-corrected chi connectivity index (χ3v) is 4.74. The molecule has 140 valence electrons. The van der Waals surface area contributed by atoms with Gasteiger partial charge in [-0.25, -0.2) is 0 Å². The van der Waals surface area contributed by atoms with Crippen molar-refractivity contribution in [2.24, 2.45) is 0 Å². The number of rotatable bonds is 3. The third-order valence-electron chi connectivity index (χ3n) is 4.39. The van der Waals surface area contributed by atoms with Gasteiger partial charge in [-0.15, -0.1) is 0 Å². The van der Waals surface area contributed by atoms with Crippen molar-refractivity contribution in [3.8, 4) is 5.69 Å². The van der Waals surface area contributed by atoms with E-state index in [1.807, 2.05) is 11.0 Å². The largest absolute Gasteiger partial charge is 0.401 e. The van der Waals surface area contributed by atoms with Crippen LogP contribution in [0.15, 0.2) is 41.3 Å². The van der Waals surface area contributed by atoms with Crippen LogP contribution in [-0.4, -0.2) is 53.1 Å². The number of hydrogen-bond donors (Lipinski definition) is 0. The molecule has 0 bridgehead atoms. The summed E-state index contributed by atoms with van der Waals surface area (Å²) in [5.74, 6) is 0. The summed E-state index contributed by atoms with van der Waals surface area (Å²) in [5.41, 5.74) is 0.581. The van der Waals surface area contributed by atoms with Crippen LogP contribution in [0, 0.1) is 0 Å². The average Bonchev–Trinajstić information content (AvgIpc) is 2.59. The van der Waals surface area contributed by atoms with Crippen LogP contribution in [0.1, 0.15) is 6.92 Å². The van der Waals surface area contributed by atoms with Crippen LogP contribution in [0.4, 0.5) is 18.9 Å². The minimum atomic E-state index is -4.23. The number of anilines is 1. The second-order valence-corrected chi connectivity index (χ2v) is 6.65. The zero-order chi connectivity index (χ0) is 18.9. The molecule has 1 aliphatic heterocycles. The van der Waals surface area contributed by atoms with Gasteiger partial charge in [-0.3, -0.25) is 9.69 Å². The normalized spacial score (nSPS) is 19.0. The van der Waals surface area contributed by atoms with Gasteiger partial charge in [0.05, 0.1) is 24.1 Å². The molecule has 1 atom stereocenters. The minimum absolute atomic E-state index is 0.0142. The van der Waals surface area contributed by atoms with E-state index in [1.165, 1.54) is 15.8 Å². The quantitative estimate of drug-likeness (QED) is 0.813. The number of hydrogen-bond acceptors (Lipinski definition) is 4. The van der Waals surface area contributed by atoms with Gasteiger partial charge >= 0.3 is 6.18 Å². The monoisotopic (exact) mass is 386 g/mol. The number of benzene rings is 1. The zero-order valence-electron chi connectivity index (χ0n) is 14.1. The van der Waals surface area contributed by atoms with Gasteiger partial charge in [-0.2, -0.15) is 23.0 Å². The van der Waals surface area contributed by atoms with Crippen molar-refractivity contribution in [1.82, 2.24) is 14.7 Å². The first-order chi connectivity index (χ1) is 12.3. The third kappa shape index (κ3) is 4.02. The molecule has 0 amide bonds. The van der Waals surface area contributed by atoms with E-state index in [1.54, 1.807) is 31.2 Å². The topological polar surface area (TPSA) is 41.4 Å².